The van der Waals surface area contributed by atoms with E-state index in [9.17, 15) is 4.79 Å². The molecule has 27 heavy (non-hydrogen) atoms. The Labute approximate surface area is 159 Å². The SMILES string of the molecule is COc1ccc([C@H]2[C@@H]3CCCC[C@@H]3[C@@H]2NC(=O)c2ccnn2C)cc1OC. The number of carbonyl (C=O) groups is 1. The van der Waals surface area contributed by atoms with Gasteiger partial charge in [0.15, 0.2) is 11.5 Å². The summed E-state index contributed by atoms with van der Waals surface area (Å²) < 4.78 is 12.5. The van der Waals surface area contributed by atoms with Crippen molar-refractivity contribution in [3.63, 3.8) is 0 Å². The Morgan fingerprint density at radius 2 is 1.85 bits per heavy atom. The number of ether oxygens (including phenoxy) is 2. The van der Waals surface area contributed by atoms with E-state index in [-0.39, 0.29) is 11.9 Å². The zero-order valence-electron chi connectivity index (χ0n) is 16.1. The Kier molecular flexibility index (Phi) is 4.81. The van der Waals surface area contributed by atoms with Crippen LogP contribution in [0, 0.1) is 11.8 Å². The van der Waals surface area contributed by atoms with E-state index in [0.717, 1.165) is 11.5 Å². The van der Waals surface area contributed by atoms with Gasteiger partial charge in [-0.1, -0.05) is 18.9 Å². The predicted octanol–water partition coefficient (Wildman–Crippen LogP) is 3.14. The molecule has 1 aromatic heterocycles. The lowest BCUT2D eigenvalue weighted by atomic mass is 9.53. The van der Waals surface area contributed by atoms with Crippen LogP contribution < -0.4 is 14.8 Å². The summed E-state index contributed by atoms with van der Waals surface area (Å²) in [7, 11) is 5.10. The van der Waals surface area contributed by atoms with E-state index < -0.39 is 0 Å². The molecule has 0 spiro atoms. The molecule has 0 unspecified atom stereocenters. The summed E-state index contributed by atoms with van der Waals surface area (Å²) in [5, 5.41) is 7.42. The summed E-state index contributed by atoms with van der Waals surface area (Å²) in [6.45, 7) is 0. The van der Waals surface area contributed by atoms with Crippen LogP contribution in [0.1, 0.15) is 47.7 Å². The third kappa shape index (κ3) is 3.07. The number of aromatic nitrogens is 2. The van der Waals surface area contributed by atoms with Gasteiger partial charge in [0.25, 0.3) is 5.91 Å². The topological polar surface area (TPSA) is 65.4 Å². The molecule has 1 heterocycles. The summed E-state index contributed by atoms with van der Waals surface area (Å²) >= 11 is 0. The molecule has 144 valence electrons. The molecule has 0 bridgehead atoms. The van der Waals surface area contributed by atoms with E-state index in [0.29, 0.717) is 23.4 Å². The zero-order chi connectivity index (χ0) is 19.0. The largest absolute Gasteiger partial charge is 0.493 e. The highest BCUT2D eigenvalue weighted by molar-refractivity contribution is 5.92. The smallest absolute Gasteiger partial charge is 0.269 e. The van der Waals surface area contributed by atoms with Crippen molar-refractivity contribution in [3.8, 4) is 11.5 Å². The van der Waals surface area contributed by atoms with Crippen LogP contribution in [0.3, 0.4) is 0 Å². The molecule has 0 aliphatic heterocycles. The first kappa shape index (κ1) is 17.9. The van der Waals surface area contributed by atoms with Crippen molar-refractivity contribution in [3.05, 3.63) is 41.7 Å². The second-order valence-corrected chi connectivity index (χ2v) is 7.59. The van der Waals surface area contributed by atoms with Gasteiger partial charge in [-0.15, -0.1) is 0 Å². The van der Waals surface area contributed by atoms with Gasteiger partial charge in [0.05, 0.1) is 14.2 Å². The molecule has 0 saturated heterocycles. The summed E-state index contributed by atoms with van der Waals surface area (Å²) in [5.74, 6) is 2.91. The Balaban J connectivity index is 1.61. The predicted molar refractivity (Wildman–Crippen MR) is 102 cm³/mol. The van der Waals surface area contributed by atoms with Gasteiger partial charge in [-0.25, -0.2) is 0 Å². The molecule has 6 nitrogen and oxygen atoms in total. The standard InChI is InChI=1S/C21H27N3O3/c1-24-16(10-11-22-24)21(25)23-20-15-7-5-4-6-14(15)19(20)13-8-9-17(26-2)18(12-13)27-3/h8-12,14-15,19-20H,4-7H2,1-3H3,(H,23,25)/t14-,15+,19+,20+/m1/s1. The van der Waals surface area contributed by atoms with Crippen molar-refractivity contribution >= 4 is 5.91 Å². The summed E-state index contributed by atoms with van der Waals surface area (Å²) in [6, 6.07) is 8.05. The average Bonchev–Trinajstić information content (AvgIpc) is 3.12. The number of amides is 1. The number of carbonyl (C=O) groups excluding carboxylic acids is 1. The Bertz CT molecular complexity index is 832. The van der Waals surface area contributed by atoms with Gasteiger partial charge in [-0.2, -0.15) is 5.10 Å². The molecule has 1 amide bonds. The van der Waals surface area contributed by atoms with Crippen LogP contribution in [-0.4, -0.2) is 35.9 Å². The van der Waals surface area contributed by atoms with Crippen LogP contribution in [0.5, 0.6) is 11.5 Å². The van der Waals surface area contributed by atoms with Crippen LogP contribution in [0.2, 0.25) is 0 Å². The lowest BCUT2D eigenvalue weighted by Gasteiger charge is -2.55. The number of fused-ring (bicyclic) bond motifs is 1. The van der Waals surface area contributed by atoms with Crippen LogP contribution in [0.25, 0.3) is 0 Å². The number of nitrogens with one attached hydrogen (secondary N) is 1. The summed E-state index contributed by atoms with van der Waals surface area (Å²) in [4.78, 5) is 12.8. The van der Waals surface area contributed by atoms with E-state index in [1.807, 2.05) is 6.07 Å². The van der Waals surface area contributed by atoms with E-state index >= 15 is 0 Å². The van der Waals surface area contributed by atoms with Gasteiger partial charge < -0.3 is 14.8 Å². The molecule has 2 saturated carbocycles. The molecular formula is C21H27N3O3. The Hall–Kier alpha value is -2.50. The second kappa shape index (κ2) is 7.25. The maximum atomic E-state index is 12.8. The minimum atomic E-state index is -0.0468. The van der Waals surface area contributed by atoms with E-state index in [4.69, 9.17) is 9.47 Å². The minimum Gasteiger partial charge on any atom is -0.493 e. The van der Waals surface area contributed by atoms with Crippen LogP contribution in [-0.2, 0) is 7.05 Å². The van der Waals surface area contributed by atoms with Gasteiger partial charge >= 0.3 is 0 Å². The van der Waals surface area contributed by atoms with Crippen LogP contribution in [0.4, 0.5) is 0 Å². The first-order valence-electron chi connectivity index (χ1n) is 9.65. The molecule has 1 N–H and O–H groups in total. The van der Waals surface area contributed by atoms with Crippen molar-refractivity contribution in [1.82, 2.24) is 15.1 Å². The quantitative estimate of drug-likeness (QED) is 0.879. The van der Waals surface area contributed by atoms with Crippen LogP contribution in [0.15, 0.2) is 30.5 Å². The van der Waals surface area contributed by atoms with E-state index in [1.165, 1.54) is 31.2 Å². The molecule has 4 rings (SSSR count). The zero-order valence-corrected chi connectivity index (χ0v) is 16.1. The van der Waals surface area contributed by atoms with Crippen LogP contribution >= 0.6 is 0 Å². The van der Waals surface area contributed by atoms with Gasteiger partial charge in [-0.3, -0.25) is 9.48 Å². The Morgan fingerprint density at radius 3 is 2.52 bits per heavy atom. The van der Waals surface area contributed by atoms with Crippen molar-refractivity contribution in [2.24, 2.45) is 18.9 Å². The normalized spacial score (nSPS) is 26.6. The first-order chi connectivity index (χ1) is 13.1. The second-order valence-electron chi connectivity index (χ2n) is 7.59. The van der Waals surface area contributed by atoms with Gasteiger partial charge in [0.2, 0.25) is 0 Å². The third-order valence-corrected chi connectivity index (χ3v) is 6.33. The Morgan fingerprint density at radius 1 is 1.11 bits per heavy atom. The fraction of sp³-hybridized carbons (Fsp3) is 0.524. The lowest BCUT2D eigenvalue weighted by Crippen LogP contribution is -2.59. The number of hydrogen-bond acceptors (Lipinski definition) is 4. The van der Waals surface area contributed by atoms with Gasteiger partial charge in [-0.05, 0) is 48.4 Å². The first-order valence-corrected chi connectivity index (χ1v) is 9.65. The number of benzene rings is 1. The average molecular weight is 369 g/mol. The highest BCUT2D eigenvalue weighted by Gasteiger charge is 2.52. The molecule has 4 atom stereocenters. The van der Waals surface area contributed by atoms with Crippen molar-refractivity contribution in [2.75, 3.05) is 14.2 Å². The summed E-state index contributed by atoms with van der Waals surface area (Å²) in [5.41, 5.74) is 1.81. The maximum Gasteiger partial charge on any atom is 0.269 e. The lowest BCUT2D eigenvalue weighted by molar-refractivity contribution is 0.0248. The monoisotopic (exact) mass is 369 g/mol. The minimum absolute atomic E-state index is 0.0468. The molecule has 0 radical (unpaired) electrons. The van der Waals surface area contributed by atoms with Crippen molar-refractivity contribution in [2.45, 2.75) is 37.6 Å². The third-order valence-electron chi connectivity index (χ3n) is 6.33. The number of hydrogen-bond donors (Lipinski definition) is 1. The number of nitrogens with zero attached hydrogens (tertiary/aromatic N) is 2. The highest BCUT2D eigenvalue weighted by atomic mass is 16.5. The summed E-state index contributed by atoms with van der Waals surface area (Å²) in [6.07, 6.45) is 6.59. The van der Waals surface area contributed by atoms with Crippen molar-refractivity contribution < 1.29 is 14.3 Å². The molecular weight excluding hydrogens is 342 g/mol. The number of rotatable bonds is 5. The highest BCUT2D eigenvalue weighted by Crippen LogP contribution is 2.55. The molecule has 2 aliphatic carbocycles. The molecule has 2 aromatic rings. The maximum absolute atomic E-state index is 12.8. The van der Waals surface area contributed by atoms with E-state index in [1.54, 1.807) is 38.2 Å². The molecule has 1 aromatic carbocycles. The van der Waals surface area contributed by atoms with E-state index in [2.05, 4.69) is 22.5 Å². The number of aryl methyl sites for hydroxylation is 1. The van der Waals surface area contributed by atoms with Gasteiger partial charge in [0.1, 0.15) is 5.69 Å². The molecule has 2 fully saturated rings. The van der Waals surface area contributed by atoms with Crippen molar-refractivity contribution in [1.29, 1.82) is 0 Å². The molecule has 6 heteroatoms. The number of methoxy groups -OCH3 is 2. The fourth-order valence-electron chi connectivity index (χ4n) is 5.00. The molecule has 2 aliphatic rings. The fourth-order valence-corrected chi connectivity index (χ4v) is 5.00. The van der Waals surface area contributed by atoms with Gasteiger partial charge in [0, 0.05) is 25.2 Å².